The molecule has 8 nitrogen and oxygen atoms in total. The number of aromatic nitrogens is 2. The molecule has 0 radical (unpaired) electrons. The van der Waals surface area contributed by atoms with Crippen molar-refractivity contribution in [2.24, 2.45) is 23.2 Å². The second kappa shape index (κ2) is 10.3. The zero-order valence-corrected chi connectivity index (χ0v) is 20.4. The van der Waals surface area contributed by atoms with Gasteiger partial charge in [0.25, 0.3) is 0 Å². The Morgan fingerprint density at radius 3 is 2.59 bits per heavy atom. The van der Waals surface area contributed by atoms with Crippen LogP contribution < -0.4 is 20.7 Å². The van der Waals surface area contributed by atoms with Crippen LogP contribution >= 0.6 is 0 Å². The van der Waals surface area contributed by atoms with Gasteiger partial charge in [0, 0.05) is 31.2 Å². The van der Waals surface area contributed by atoms with Crippen LogP contribution in [0.4, 0.5) is 24.9 Å². The summed E-state index contributed by atoms with van der Waals surface area (Å²) in [6.45, 7) is 1.50. The Balaban J connectivity index is 1.25. The van der Waals surface area contributed by atoms with Crippen LogP contribution in [0.1, 0.15) is 43.2 Å². The van der Waals surface area contributed by atoms with E-state index in [0.717, 1.165) is 19.3 Å². The minimum Gasteiger partial charge on any atom is -0.405 e. The van der Waals surface area contributed by atoms with Gasteiger partial charge in [-0.1, -0.05) is 18.2 Å². The Hall–Kier alpha value is -3.10. The van der Waals surface area contributed by atoms with Crippen molar-refractivity contribution < 1.29 is 23.0 Å². The Morgan fingerprint density at radius 2 is 1.89 bits per heavy atom. The predicted molar refractivity (Wildman–Crippen MR) is 131 cm³/mol. The van der Waals surface area contributed by atoms with Gasteiger partial charge in [-0.2, -0.15) is 10.2 Å². The third-order valence-corrected chi connectivity index (χ3v) is 8.07. The van der Waals surface area contributed by atoms with Crippen molar-refractivity contribution in [3.63, 3.8) is 0 Å². The van der Waals surface area contributed by atoms with Gasteiger partial charge in [-0.25, -0.2) is 4.98 Å². The van der Waals surface area contributed by atoms with E-state index in [1.807, 2.05) is 0 Å². The lowest BCUT2D eigenvalue weighted by atomic mass is 9.48. The molecule has 4 aliphatic carbocycles. The Kier molecular flexibility index (Phi) is 7.14. The van der Waals surface area contributed by atoms with Crippen molar-refractivity contribution in [2.45, 2.75) is 51.1 Å². The van der Waals surface area contributed by atoms with Gasteiger partial charge in [-0.05, 0) is 61.3 Å². The average molecular weight is 517 g/mol. The summed E-state index contributed by atoms with van der Waals surface area (Å²) >= 11 is 0. The van der Waals surface area contributed by atoms with Gasteiger partial charge in [0.15, 0.2) is 0 Å². The van der Waals surface area contributed by atoms with E-state index in [4.69, 9.17) is 0 Å². The number of nitriles is 1. The molecular formula is C26H31F3N6O2. The lowest BCUT2D eigenvalue weighted by Gasteiger charge is -2.60. The number of para-hydroxylation sites is 1. The number of alkyl halides is 3. The topological polar surface area (TPSA) is 115 Å². The monoisotopic (exact) mass is 516 g/mol. The highest BCUT2D eigenvalue weighted by Gasteiger charge is 2.54. The SMILES string of the molecule is N#Cc1cnc(NCc2ccccc2OC(F)(F)F)nc1NCC12CC3CC(C1)C(NCCO)C(C3)C2. The third-order valence-electron chi connectivity index (χ3n) is 8.07. The number of hydrogen-bond acceptors (Lipinski definition) is 8. The van der Waals surface area contributed by atoms with Gasteiger partial charge in [0.2, 0.25) is 5.95 Å². The molecule has 4 N–H and O–H groups in total. The van der Waals surface area contributed by atoms with E-state index in [0.29, 0.717) is 53.8 Å². The molecule has 0 saturated heterocycles. The normalized spacial score (nSPS) is 28.1. The van der Waals surface area contributed by atoms with Gasteiger partial charge >= 0.3 is 6.36 Å². The number of aliphatic hydroxyl groups excluding tert-OH is 1. The van der Waals surface area contributed by atoms with Crippen LogP contribution in [0, 0.1) is 34.5 Å². The van der Waals surface area contributed by atoms with Crippen molar-refractivity contribution in [3.8, 4) is 11.8 Å². The molecule has 2 aromatic rings. The summed E-state index contributed by atoms with van der Waals surface area (Å²) in [5.74, 6) is 2.24. The summed E-state index contributed by atoms with van der Waals surface area (Å²) < 4.78 is 42.3. The van der Waals surface area contributed by atoms with Crippen LogP contribution in [-0.2, 0) is 6.54 Å². The molecule has 4 saturated carbocycles. The number of halogens is 3. The predicted octanol–water partition coefficient (Wildman–Crippen LogP) is 4.05. The van der Waals surface area contributed by atoms with E-state index < -0.39 is 6.36 Å². The molecule has 1 aromatic carbocycles. The van der Waals surface area contributed by atoms with Crippen LogP contribution in [0.2, 0.25) is 0 Å². The van der Waals surface area contributed by atoms with Gasteiger partial charge in [-0.3, -0.25) is 0 Å². The van der Waals surface area contributed by atoms with Crippen molar-refractivity contribution in [3.05, 3.63) is 41.6 Å². The van der Waals surface area contributed by atoms with Crippen molar-refractivity contribution in [1.29, 1.82) is 5.26 Å². The number of rotatable bonds is 10. The van der Waals surface area contributed by atoms with Crippen LogP contribution in [0.25, 0.3) is 0 Å². The maximum atomic E-state index is 12.7. The van der Waals surface area contributed by atoms with Crippen LogP contribution in [-0.4, -0.2) is 47.2 Å². The Labute approximate surface area is 213 Å². The lowest BCUT2D eigenvalue weighted by Crippen LogP contribution is -2.60. The molecule has 4 bridgehead atoms. The quantitative estimate of drug-likeness (QED) is 0.374. The first-order valence-electron chi connectivity index (χ1n) is 12.7. The van der Waals surface area contributed by atoms with Gasteiger partial charge in [-0.15, -0.1) is 13.2 Å². The van der Waals surface area contributed by atoms with Crippen LogP contribution in [0.15, 0.2) is 30.5 Å². The summed E-state index contributed by atoms with van der Waals surface area (Å²) in [5.41, 5.74) is 0.770. The molecule has 37 heavy (non-hydrogen) atoms. The minimum absolute atomic E-state index is 0.0226. The number of anilines is 2. The summed E-state index contributed by atoms with van der Waals surface area (Å²) in [7, 11) is 0. The molecule has 0 aliphatic heterocycles. The average Bonchev–Trinajstić information content (AvgIpc) is 2.85. The molecule has 4 aliphatic rings. The minimum atomic E-state index is -4.79. The number of hydrogen-bond donors (Lipinski definition) is 4. The molecule has 198 valence electrons. The number of nitrogens with zero attached hydrogens (tertiary/aromatic N) is 3. The van der Waals surface area contributed by atoms with Gasteiger partial charge in [0.05, 0.1) is 12.8 Å². The van der Waals surface area contributed by atoms with E-state index >= 15 is 0 Å². The maximum Gasteiger partial charge on any atom is 0.573 e. The molecule has 1 aromatic heterocycles. The summed E-state index contributed by atoms with van der Waals surface area (Å²) in [6, 6.07) is 8.48. The number of ether oxygens (including phenoxy) is 1. The van der Waals surface area contributed by atoms with Crippen molar-refractivity contribution in [1.82, 2.24) is 15.3 Å². The lowest BCUT2D eigenvalue weighted by molar-refractivity contribution is -0.274. The molecule has 1 heterocycles. The number of benzene rings is 1. The zero-order chi connectivity index (χ0) is 26.0. The fourth-order valence-corrected chi connectivity index (χ4v) is 6.98. The first-order valence-corrected chi connectivity index (χ1v) is 12.7. The molecule has 0 amide bonds. The van der Waals surface area contributed by atoms with E-state index in [-0.39, 0.29) is 30.3 Å². The molecule has 11 heteroatoms. The number of aliphatic hydroxyl groups is 1. The molecule has 2 unspecified atom stereocenters. The molecule has 4 fully saturated rings. The third kappa shape index (κ3) is 5.75. The van der Waals surface area contributed by atoms with E-state index in [1.54, 1.807) is 6.07 Å². The van der Waals surface area contributed by atoms with Crippen LogP contribution in [0.3, 0.4) is 0 Å². The largest absolute Gasteiger partial charge is 0.573 e. The molecule has 2 atom stereocenters. The summed E-state index contributed by atoms with van der Waals surface area (Å²) in [4.78, 5) is 8.64. The summed E-state index contributed by atoms with van der Waals surface area (Å²) in [5, 5.41) is 28.8. The van der Waals surface area contributed by atoms with E-state index in [2.05, 4.69) is 36.7 Å². The van der Waals surface area contributed by atoms with Gasteiger partial charge < -0.3 is 25.8 Å². The van der Waals surface area contributed by atoms with E-state index in [1.165, 1.54) is 37.2 Å². The highest BCUT2D eigenvalue weighted by molar-refractivity contribution is 5.53. The van der Waals surface area contributed by atoms with Crippen molar-refractivity contribution >= 4 is 11.8 Å². The zero-order valence-electron chi connectivity index (χ0n) is 20.4. The molecule has 0 spiro atoms. The highest BCUT2D eigenvalue weighted by atomic mass is 19.4. The second-order valence-corrected chi connectivity index (χ2v) is 10.6. The van der Waals surface area contributed by atoms with Gasteiger partial charge in [0.1, 0.15) is 23.2 Å². The van der Waals surface area contributed by atoms with E-state index in [9.17, 15) is 23.5 Å². The first-order chi connectivity index (χ1) is 17.8. The van der Waals surface area contributed by atoms with Crippen LogP contribution in [0.5, 0.6) is 5.75 Å². The standard InChI is InChI=1S/C26H31F3N6O2/c27-26(28,29)37-21-4-2-1-3-17(21)13-32-24-33-14-20(12-30)23(35-24)34-15-25-9-16-7-18(10-25)22(31-5-6-36)19(8-16)11-25/h1-4,14,16,18-19,22,31,36H,5-11,13,15H2,(H2,32,33,34,35). The smallest absolute Gasteiger partial charge is 0.405 e. The van der Waals surface area contributed by atoms with Crippen molar-refractivity contribution in [2.75, 3.05) is 30.3 Å². The molecule has 6 rings (SSSR count). The number of nitrogens with one attached hydrogen (secondary N) is 3. The molecular weight excluding hydrogens is 485 g/mol. The maximum absolute atomic E-state index is 12.7. The first kappa shape index (κ1) is 25.5. The fraction of sp³-hybridized carbons (Fsp3) is 0.577. The Morgan fingerprint density at radius 1 is 1.14 bits per heavy atom. The summed E-state index contributed by atoms with van der Waals surface area (Å²) in [6.07, 6.45) is 2.45. The highest BCUT2D eigenvalue weighted by Crippen LogP contribution is 2.60. The Bertz CT molecular complexity index is 1140. The second-order valence-electron chi connectivity index (χ2n) is 10.6. The fourth-order valence-electron chi connectivity index (χ4n) is 6.98.